The number of allylic oxidation sites excluding steroid dienone is 3. The lowest BCUT2D eigenvalue weighted by Gasteiger charge is -2.39. The first kappa shape index (κ1) is 17.5. The van der Waals surface area contributed by atoms with Gasteiger partial charge in [0.25, 0.3) is 0 Å². The standard InChI is InChI=1S/C21H26N2O2/c1-3-25-21(24)23-13-7-10-19-20(23)15-16(2)14-18(11-12-22-19)17-8-5-4-6-9-17/h4-6,8-9,11-12,14,19-20H,3,7,10,13,15H2,1-2H3/b16-14+,18-11+,22-12-. The smallest absolute Gasteiger partial charge is 0.410 e. The van der Waals surface area contributed by atoms with Crippen LogP contribution in [0.1, 0.15) is 38.7 Å². The molecule has 4 heteroatoms. The lowest BCUT2D eigenvalue weighted by molar-refractivity contribution is 0.0706. The number of piperidine rings is 1. The average molecular weight is 338 g/mol. The van der Waals surface area contributed by atoms with Crippen molar-refractivity contribution in [1.82, 2.24) is 4.90 Å². The zero-order chi connectivity index (χ0) is 17.6. The fraction of sp³-hybridized carbons (Fsp3) is 0.429. The van der Waals surface area contributed by atoms with Crippen LogP contribution in [0.5, 0.6) is 0 Å². The van der Waals surface area contributed by atoms with Crippen molar-refractivity contribution in [3.05, 3.63) is 53.6 Å². The van der Waals surface area contributed by atoms with E-state index in [1.807, 2.05) is 36.2 Å². The predicted octanol–water partition coefficient (Wildman–Crippen LogP) is 4.48. The van der Waals surface area contributed by atoms with Gasteiger partial charge in [-0.1, -0.05) is 42.0 Å². The Labute approximate surface area is 149 Å². The van der Waals surface area contributed by atoms with Crippen LogP contribution in [0.15, 0.2) is 53.0 Å². The Hall–Kier alpha value is -2.36. The van der Waals surface area contributed by atoms with Crippen molar-refractivity contribution < 1.29 is 9.53 Å². The number of likely N-dealkylation sites (tertiary alicyclic amines) is 1. The molecule has 1 amide bonds. The highest BCUT2D eigenvalue weighted by atomic mass is 16.6. The number of hydrogen-bond donors (Lipinski definition) is 0. The van der Waals surface area contributed by atoms with Crippen LogP contribution >= 0.6 is 0 Å². The molecule has 2 atom stereocenters. The van der Waals surface area contributed by atoms with Crippen LogP contribution in [0.4, 0.5) is 4.79 Å². The van der Waals surface area contributed by atoms with Crippen LogP contribution in [0.3, 0.4) is 0 Å². The lowest BCUT2D eigenvalue weighted by atomic mass is 9.91. The van der Waals surface area contributed by atoms with Gasteiger partial charge in [0.2, 0.25) is 0 Å². The Morgan fingerprint density at radius 1 is 1.32 bits per heavy atom. The zero-order valence-electron chi connectivity index (χ0n) is 15.0. The van der Waals surface area contributed by atoms with E-state index in [1.165, 1.54) is 11.1 Å². The van der Waals surface area contributed by atoms with Crippen molar-refractivity contribution in [2.45, 2.75) is 45.2 Å². The highest BCUT2D eigenvalue weighted by molar-refractivity contribution is 5.89. The second-order valence-electron chi connectivity index (χ2n) is 6.65. The zero-order valence-corrected chi connectivity index (χ0v) is 15.0. The minimum absolute atomic E-state index is 0.0730. The van der Waals surface area contributed by atoms with Gasteiger partial charge in [0.05, 0.1) is 18.7 Å². The number of carbonyl (C=O) groups is 1. The van der Waals surface area contributed by atoms with E-state index in [0.29, 0.717) is 6.61 Å². The van der Waals surface area contributed by atoms with Crippen LogP contribution in [0.2, 0.25) is 0 Å². The van der Waals surface area contributed by atoms with Crippen LogP contribution < -0.4 is 0 Å². The second kappa shape index (κ2) is 8.15. The van der Waals surface area contributed by atoms with Gasteiger partial charge in [0.1, 0.15) is 0 Å². The van der Waals surface area contributed by atoms with Crippen molar-refractivity contribution in [3.63, 3.8) is 0 Å². The molecule has 0 bridgehead atoms. The summed E-state index contributed by atoms with van der Waals surface area (Å²) in [5, 5.41) is 0. The average Bonchev–Trinajstić information content (AvgIpc) is 2.70. The van der Waals surface area contributed by atoms with E-state index in [-0.39, 0.29) is 18.2 Å². The molecule has 1 aromatic carbocycles. The number of ether oxygens (including phenoxy) is 1. The molecular weight excluding hydrogens is 312 g/mol. The highest BCUT2D eigenvalue weighted by Gasteiger charge is 2.35. The summed E-state index contributed by atoms with van der Waals surface area (Å²) in [6, 6.07) is 10.5. The van der Waals surface area contributed by atoms with Gasteiger partial charge in [0, 0.05) is 12.8 Å². The number of aliphatic imine (C=N–C) groups is 1. The van der Waals surface area contributed by atoms with E-state index in [2.05, 4.69) is 31.2 Å². The molecule has 2 aliphatic heterocycles. The summed E-state index contributed by atoms with van der Waals surface area (Å²) in [5.74, 6) is 0. The topological polar surface area (TPSA) is 41.9 Å². The highest BCUT2D eigenvalue weighted by Crippen LogP contribution is 2.29. The number of amides is 1. The van der Waals surface area contributed by atoms with Gasteiger partial charge >= 0.3 is 6.09 Å². The Morgan fingerprint density at radius 2 is 2.12 bits per heavy atom. The van der Waals surface area contributed by atoms with Gasteiger partial charge in [0.15, 0.2) is 0 Å². The van der Waals surface area contributed by atoms with Gasteiger partial charge in [-0.3, -0.25) is 4.99 Å². The van der Waals surface area contributed by atoms with Crippen molar-refractivity contribution in [3.8, 4) is 0 Å². The normalized spacial score (nSPS) is 29.0. The molecule has 3 rings (SSSR count). The van der Waals surface area contributed by atoms with Gasteiger partial charge in [-0.05, 0) is 50.3 Å². The molecule has 2 aliphatic rings. The summed E-state index contributed by atoms with van der Waals surface area (Å²) in [7, 11) is 0. The first-order valence-corrected chi connectivity index (χ1v) is 9.08. The van der Waals surface area contributed by atoms with E-state index < -0.39 is 0 Å². The lowest BCUT2D eigenvalue weighted by Crippen LogP contribution is -2.50. The molecule has 0 aromatic heterocycles. The number of fused-ring (bicyclic) bond motifs is 1. The molecular formula is C21H26N2O2. The molecule has 2 heterocycles. The van der Waals surface area contributed by atoms with Crippen LogP contribution in [-0.2, 0) is 4.74 Å². The monoisotopic (exact) mass is 338 g/mol. The Kier molecular flexibility index (Phi) is 5.69. The van der Waals surface area contributed by atoms with Crippen molar-refractivity contribution in [2.75, 3.05) is 13.2 Å². The van der Waals surface area contributed by atoms with Gasteiger partial charge in [-0.2, -0.15) is 0 Å². The number of carbonyl (C=O) groups excluding carboxylic acids is 1. The Balaban J connectivity index is 1.89. The molecule has 1 saturated heterocycles. The fourth-order valence-electron chi connectivity index (χ4n) is 3.64. The molecule has 0 aliphatic carbocycles. The van der Waals surface area contributed by atoms with E-state index in [0.717, 1.165) is 31.4 Å². The summed E-state index contributed by atoms with van der Waals surface area (Å²) in [5.41, 5.74) is 3.59. The largest absolute Gasteiger partial charge is 0.450 e. The maximum absolute atomic E-state index is 12.3. The Morgan fingerprint density at radius 3 is 2.88 bits per heavy atom. The van der Waals surface area contributed by atoms with Gasteiger partial charge < -0.3 is 9.64 Å². The van der Waals surface area contributed by atoms with E-state index in [9.17, 15) is 4.79 Å². The minimum Gasteiger partial charge on any atom is -0.450 e. The summed E-state index contributed by atoms with van der Waals surface area (Å²) in [6.07, 6.45) is 8.78. The molecule has 0 saturated carbocycles. The predicted molar refractivity (Wildman–Crippen MR) is 102 cm³/mol. The van der Waals surface area contributed by atoms with Crippen LogP contribution in [-0.4, -0.2) is 42.4 Å². The van der Waals surface area contributed by atoms with Crippen LogP contribution in [0.25, 0.3) is 5.57 Å². The van der Waals surface area contributed by atoms with E-state index in [4.69, 9.17) is 9.73 Å². The fourth-order valence-corrected chi connectivity index (χ4v) is 3.64. The first-order valence-electron chi connectivity index (χ1n) is 9.08. The molecule has 4 nitrogen and oxygen atoms in total. The summed E-state index contributed by atoms with van der Waals surface area (Å²) < 4.78 is 5.26. The van der Waals surface area contributed by atoms with E-state index >= 15 is 0 Å². The van der Waals surface area contributed by atoms with E-state index in [1.54, 1.807) is 0 Å². The number of rotatable bonds is 2. The van der Waals surface area contributed by atoms with Crippen molar-refractivity contribution in [1.29, 1.82) is 0 Å². The molecule has 0 radical (unpaired) electrons. The molecule has 0 spiro atoms. The van der Waals surface area contributed by atoms with Crippen LogP contribution in [0, 0.1) is 0 Å². The summed E-state index contributed by atoms with van der Waals surface area (Å²) in [4.78, 5) is 19.0. The molecule has 1 aromatic rings. The molecule has 1 fully saturated rings. The minimum atomic E-state index is -0.212. The molecule has 132 valence electrons. The molecule has 0 N–H and O–H groups in total. The number of hydrogen-bond acceptors (Lipinski definition) is 3. The molecule has 2 unspecified atom stereocenters. The van der Waals surface area contributed by atoms with Gasteiger partial charge in [-0.15, -0.1) is 0 Å². The number of nitrogens with zero attached hydrogens (tertiary/aromatic N) is 2. The second-order valence-corrected chi connectivity index (χ2v) is 6.65. The SMILES string of the molecule is CCOC(=O)N1CCCC2\N=C/C=C(c3ccccc3)\C=C(/C)CC21. The summed E-state index contributed by atoms with van der Waals surface area (Å²) in [6.45, 7) is 5.14. The maximum Gasteiger partial charge on any atom is 0.410 e. The summed E-state index contributed by atoms with van der Waals surface area (Å²) >= 11 is 0. The number of benzene rings is 1. The Bertz CT molecular complexity index is 691. The molecule has 25 heavy (non-hydrogen) atoms. The third kappa shape index (κ3) is 4.19. The quantitative estimate of drug-likeness (QED) is 0.798. The first-order chi connectivity index (χ1) is 12.2. The van der Waals surface area contributed by atoms with Gasteiger partial charge in [-0.25, -0.2) is 4.79 Å². The third-order valence-corrected chi connectivity index (χ3v) is 4.82. The third-order valence-electron chi connectivity index (χ3n) is 4.82. The van der Waals surface area contributed by atoms with Crippen molar-refractivity contribution >= 4 is 17.9 Å². The maximum atomic E-state index is 12.3. The van der Waals surface area contributed by atoms with Crippen molar-refractivity contribution in [2.24, 2.45) is 4.99 Å².